The first kappa shape index (κ1) is 21.6. The SMILES string of the molecule is COCCN1C(=O)c2ccccc2C(C(=O)NCc2cccc(Cl)c2)C1c1cccs1. The molecule has 4 rings (SSSR count). The van der Waals surface area contributed by atoms with Gasteiger partial charge in [-0.2, -0.15) is 0 Å². The Morgan fingerprint density at radius 3 is 2.74 bits per heavy atom. The van der Waals surface area contributed by atoms with Crippen molar-refractivity contribution in [1.29, 1.82) is 0 Å². The van der Waals surface area contributed by atoms with Crippen LogP contribution >= 0.6 is 22.9 Å². The quantitative estimate of drug-likeness (QED) is 0.565. The minimum absolute atomic E-state index is 0.0788. The zero-order valence-corrected chi connectivity index (χ0v) is 18.7. The summed E-state index contributed by atoms with van der Waals surface area (Å²) in [6.45, 7) is 1.16. The topological polar surface area (TPSA) is 58.6 Å². The maximum atomic E-state index is 13.5. The van der Waals surface area contributed by atoms with E-state index in [1.54, 1.807) is 35.5 Å². The van der Waals surface area contributed by atoms with Crippen molar-refractivity contribution in [2.45, 2.75) is 18.5 Å². The van der Waals surface area contributed by atoms with Gasteiger partial charge in [-0.05, 0) is 40.8 Å². The lowest BCUT2D eigenvalue weighted by atomic mass is 9.81. The molecule has 2 amide bonds. The number of carbonyl (C=O) groups excluding carboxylic acids is 2. The van der Waals surface area contributed by atoms with Crippen molar-refractivity contribution < 1.29 is 14.3 Å². The van der Waals surface area contributed by atoms with Gasteiger partial charge < -0.3 is 15.0 Å². The third kappa shape index (κ3) is 4.51. The summed E-state index contributed by atoms with van der Waals surface area (Å²) >= 11 is 7.63. The van der Waals surface area contributed by atoms with Crippen LogP contribution in [0.15, 0.2) is 66.0 Å². The molecule has 2 unspecified atom stereocenters. The molecule has 0 fully saturated rings. The van der Waals surface area contributed by atoms with Crippen LogP contribution in [0.4, 0.5) is 0 Å². The number of halogens is 1. The molecule has 0 spiro atoms. The Morgan fingerprint density at radius 2 is 2.00 bits per heavy atom. The van der Waals surface area contributed by atoms with Crippen molar-refractivity contribution in [2.24, 2.45) is 0 Å². The van der Waals surface area contributed by atoms with Gasteiger partial charge in [-0.1, -0.05) is 48.0 Å². The van der Waals surface area contributed by atoms with Gasteiger partial charge in [0.15, 0.2) is 0 Å². The van der Waals surface area contributed by atoms with Gasteiger partial charge in [0.25, 0.3) is 5.91 Å². The zero-order chi connectivity index (χ0) is 21.8. The number of fused-ring (bicyclic) bond motifs is 1. The minimum Gasteiger partial charge on any atom is -0.383 e. The second kappa shape index (κ2) is 9.64. The molecule has 1 aliphatic rings. The number of amides is 2. The zero-order valence-electron chi connectivity index (χ0n) is 17.1. The molecule has 7 heteroatoms. The highest BCUT2D eigenvalue weighted by Crippen LogP contribution is 2.44. The predicted molar refractivity (Wildman–Crippen MR) is 122 cm³/mol. The van der Waals surface area contributed by atoms with Gasteiger partial charge in [0.2, 0.25) is 5.91 Å². The van der Waals surface area contributed by atoms with Crippen LogP contribution in [0.25, 0.3) is 0 Å². The van der Waals surface area contributed by atoms with Gasteiger partial charge in [0.05, 0.1) is 18.6 Å². The number of nitrogens with zero attached hydrogens (tertiary/aromatic N) is 1. The van der Waals surface area contributed by atoms with Gasteiger partial charge in [0, 0.05) is 35.7 Å². The maximum Gasteiger partial charge on any atom is 0.254 e. The molecule has 0 radical (unpaired) electrons. The number of thiophene rings is 1. The van der Waals surface area contributed by atoms with Crippen LogP contribution in [-0.4, -0.2) is 37.0 Å². The van der Waals surface area contributed by atoms with E-state index in [1.165, 1.54) is 0 Å². The van der Waals surface area contributed by atoms with Gasteiger partial charge in [-0.25, -0.2) is 0 Å². The fourth-order valence-electron chi connectivity index (χ4n) is 4.03. The fourth-order valence-corrected chi connectivity index (χ4v) is 5.12. The van der Waals surface area contributed by atoms with E-state index in [-0.39, 0.29) is 11.8 Å². The predicted octanol–water partition coefficient (Wildman–Crippen LogP) is 4.65. The van der Waals surface area contributed by atoms with Crippen molar-refractivity contribution in [3.05, 3.63) is 92.6 Å². The molecular weight excluding hydrogens is 432 g/mol. The minimum atomic E-state index is -0.524. The summed E-state index contributed by atoms with van der Waals surface area (Å²) in [7, 11) is 1.61. The molecule has 0 saturated heterocycles. The molecule has 0 saturated carbocycles. The molecule has 31 heavy (non-hydrogen) atoms. The number of ether oxygens (including phenoxy) is 1. The van der Waals surface area contributed by atoms with Crippen LogP contribution in [0, 0.1) is 0 Å². The van der Waals surface area contributed by atoms with E-state index >= 15 is 0 Å². The molecule has 3 aromatic rings. The highest BCUT2D eigenvalue weighted by Gasteiger charge is 2.44. The number of hydrogen-bond acceptors (Lipinski definition) is 4. The lowest BCUT2D eigenvalue weighted by molar-refractivity contribution is -0.124. The van der Waals surface area contributed by atoms with Crippen molar-refractivity contribution in [3.63, 3.8) is 0 Å². The van der Waals surface area contributed by atoms with Crippen LogP contribution < -0.4 is 5.32 Å². The van der Waals surface area contributed by atoms with Crippen LogP contribution in [0.5, 0.6) is 0 Å². The third-order valence-electron chi connectivity index (χ3n) is 5.45. The van der Waals surface area contributed by atoms with E-state index in [0.29, 0.717) is 30.3 Å². The molecule has 1 aromatic heterocycles. The summed E-state index contributed by atoms with van der Waals surface area (Å²) in [5.41, 5.74) is 2.24. The lowest BCUT2D eigenvalue weighted by Crippen LogP contribution is -2.48. The smallest absolute Gasteiger partial charge is 0.254 e. The molecule has 1 aliphatic heterocycles. The second-order valence-electron chi connectivity index (χ2n) is 7.36. The average Bonchev–Trinajstić information content (AvgIpc) is 3.31. The molecule has 160 valence electrons. The van der Waals surface area contributed by atoms with Crippen molar-refractivity contribution in [2.75, 3.05) is 20.3 Å². The summed E-state index contributed by atoms with van der Waals surface area (Å²) in [6.07, 6.45) is 0. The number of benzene rings is 2. The van der Waals surface area contributed by atoms with E-state index in [9.17, 15) is 9.59 Å². The van der Waals surface area contributed by atoms with Crippen molar-refractivity contribution >= 4 is 34.8 Å². The van der Waals surface area contributed by atoms with E-state index in [0.717, 1.165) is 16.0 Å². The first-order valence-electron chi connectivity index (χ1n) is 10.0. The summed E-state index contributed by atoms with van der Waals surface area (Å²) in [5, 5.41) is 5.65. The number of methoxy groups -OCH3 is 1. The first-order chi connectivity index (χ1) is 15.1. The molecule has 1 N–H and O–H groups in total. The van der Waals surface area contributed by atoms with Crippen molar-refractivity contribution in [3.8, 4) is 0 Å². The van der Waals surface area contributed by atoms with Gasteiger partial charge in [-0.3, -0.25) is 9.59 Å². The van der Waals surface area contributed by atoms with Crippen LogP contribution in [0.3, 0.4) is 0 Å². The Morgan fingerprint density at radius 1 is 1.16 bits per heavy atom. The van der Waals surface area contributed by atoms with E-state index in [4.69, 9.17) is 16.3 Å². The molecule has 2 aromatic carbocycles. The highest BCUT2D eigenvalue weighted by molar-refractivity contribution is 7.10. The Kier molecular flexibility index (Phi) is 6.70. The third-order valence-corrected chi connectivity index (χ3v) is 6.63. The fraction of sp³-hybridized carbons (Fsp3) is 0.250. The standard InChI is InChI=1S/C24H23ClN2O3S/c1-30-12-11-27-22(20-10-5-13-31-20)21(18-8-2-3-9-19(18)24(27)29)23(28)26-15-16-6-4-7-17(25)14-16/h2-10,13-14,21-22H,11-12,15H2,1H3,(H,26,28). The Labute approximate surface area is 190 Å². The Bertz CT molecular complexity index is 1070. The summed E-state index contributed by atoms with van der Waals surface area (Å²) in [6, 6.07) is 18.3. The monoisotopic (exact) mass is 454 g/mol. The average molecular weight is 455 g/mol. The summed E-state index contributed by atoms with van der Waals surface area (Å²) in [5.74, 6) is -0.728. The van der Waals surface area contributed by atoms with E-state index in [1.807, 2.05) is 53.9 Å². The van der Waals surface area contributed by atoms with Gasteiger partial charge in [0.1, 0.15) is 0 Å². The molecular formula is C24H23ClN2O3S. The largest absolute Gasteiger partial charge is 0.383 e. The Balaban J connectivity index is 1.71. The molecule has 5 nitrogen and oxygen atoms in total. The first-order valence-corrected chi connectivity index (χ1v) is 11.3. The summed E-state index contributed by atoms with van der Waals surface area (Å²) < 4.78 is 5.26. The van der Waals surface area contributed by atoms with Gasteiger partial charge >= 0.3 is 0 Å². The maximum absolute atomic E-state index is 13.5. The van der Waals surface area contributed by atoms with Crippen molar-refractivity contribution in [1.82, 2.24) is 10.2 Å². The van der Waals surface area contributed by atoms with E-state index < -0.39 is 12.0 Å². The van der Waals surface area contributed by atoms with Gasteiger partial charge in [-0.15, -0.1) is 11.3 Å². The van der Waals surface area contributed by atoms with E-state index in [2.05, 4.69) is 5.32 Å². The number of rotatable bonds is 7. The normalized spacial score (nSPS) is 18.0. The molecule has 0 bridgehead atoms. The molecule has 2 heterocycles. The highest BCUT2D eigenvalue weighted by atomic mass is 35.5. The number of carbonyl (C=O) groups is 2. The number of hydrogen-bond donors (Lipinski definition) is 1. The summed E-state index contributed by atoms with van der Waals surface area (Å²) in [4.78, 5) is 29.6. The Hall–Kier alpha value is -2.67. The lowest BCUT2D eigenvalue weighted by Gasteiger charge is -2.41. The molecule has 0 aliphatic carbocycles. The second-order valence-corrected chi connectivity index (χ2v) is 8.78. The molecule has 2 atom stereocenters. The van der Waals surface area contributed by atoms with Crippen LogP contribution in [-0.2, 0) is 16.1 Å². The number of nitrogens with one attached hydrogen (secondary N) is 1. The van der Waals surface area contributed by atoms with Crippen LogP contribution in [0.1, 0.15) is 38.3 Å². The van der Waals surface area contributed by atoms with Crippen LogP contribution in [0.2, 0.25) is 5.02 Å².